The van der Waals surface area contributed by atoms with Crippen LogP contribution in [0.5, 0.6) is 0 Å². The molecule has 0 aliphatic rings. The van der Waals surface area contributed by atoms with E-state index in [1.54, 1.807) is 0 Å². The molecule has 4 nitrogen and oxygen atoms in total. The van der Waals surface area contributed by atoms with Crippen LogP contribution < -0.4 is 0 Å². The summed E-state index contributed by atoms with van der Waals surface area (Å²) in [7, 11) is 1.87. The van der Waals surface area contributed by atoms with Crippen molar-refractivity contribution in [2.45, 2.75) is 33.1 Å². The first-order valence-electron chi connectivity index (χ1n) is 7.31. The third kappa shape index (κ3) is 3.51. The van der Waals surface area contributed by atoms with E-state index in [1.165, 1.54) is 5.56 Å². The summed E-state index contributed by atoms with van der Waals surface area (Å²) >= 11 is 0. The maximum absolute atomic E-state index is 12.6. The molecule has 0 unspecified atom stereocenters. The Hall–Kier alpha value is -2.10. The van der Waals surface area contributed by atoms with E-state index in [2.05, 4.69) is 22.3 Å². The average Bonchev–Trinajstić information content (AvgIpc) is 2.83. The van der Waals surface area contributed by atoms with Gasteiger partial charge in [0.1, 0.15) is 0 Å². The number of nitrogens with one attached hydrogen (secondary N) is 1. The summed E-state index contributed by atoms with van der Waals surface area (Å²) in [6.45, 7) is 6.57. The highest BCUT2D eigenvalue weighted by Gasteiger charge is 2.23. The van der Waals surface area contributed by atoms with Gasteiger partial charge in [-0.2, -0.15) is 5.10 Å². The van der Waals surface area contributed by atoms with Crippen molar-refractivity contribution >= 4 is 5.91 Å². The lowest BCUT2D eigenvalue weighted by atomic mass is 9.97. The Morgan fingerprint density at radius 1 is 1.29 bits per heavy atom. The monoisotopic (exact) mass is 285 g/mol. The Kier molecular flexibility index (Phi) is 4.78. The first kappa shape index (κ1) is 15.3. The van der Waals surface area contributed by atoms with Crippen LogP contribution in [0.15, 0.2) is 30.3 Å². The van der Waals surface area contributed by atoms with Crippen LogP contribution in [0.2, 0.25) is 0 Å². The first-order chi connectivity index (χ1) is 10.0. The molecule has 1 amide bonds. The first-order valence-corrected chi connectivity index (χ1v) is 7.31. The highest BCUT2D eigenvalue weighted by molar-refractivity contribution is 5.83. The topological polar surface area (TPSA) is 49.0 Å². The number of aromatic amines is 1. The molecule has 0 saturated heterocycles. The molecule has 1 heterocycles. The lowest BCUT2D eigenvalue weighted by Gasteiger charge is -2.22. The number of aryl methyl sites for hydroxylation is 2. The second-order valence-corrected chi connectivity index (χ2v) is 5.56. The standard InChI is InChI=1S/C17H23N3O/c1-12(16-13(2)18-19-14(16)3)17(21)20(4)11-10-15-8-6-5-7-9-15/h5-9,12H,10-11H2,1-4H3,(H,18,19)/t12-/m0/s1. The number of amides is 1. The SMILES string of the molecule is Cc1n[nH]c(C)c1[C@H](C)C(=O)N(C)CCc1ccccc1. The van der Waals surface area contributed by atoms with E-state index < -0.39 is 0 Å². The molecule has 1 atom stereocenters. The number of likely N-dealkylation sites (N-methyl/N-ethyl adjacent to an activating group) is 1. The third-order valence-electron chi connectivity index (χ3n) is 3.94. The number of hydrogen-bond acceptors (Lipinski definition) is 2. The molecule has 4 heteroatoms. The van der Waals surface area contributed by atoms with E-state index >= 15 is 0 Å². The minimum absolute atomic E-state index is 0.138. The van der Waals surface area contributed by atoms with Crippen LogP contribution >= 0.6 is 0 Å². The highest BCUT2D eigenvalue weighted by atomic mass is 16.2. The van der Waals surface area contributed by atoms with E-state index in [0.717, 1.165) is 29.9 Å². The summed E-state index contributed by atoms with van der Waals surface area (Å²) in [5.41, 5.74) is 4.15. The largest absolute Gasteiger partial charge is 0.345 e. The van der Waals surface area contributed by atoms with Gasteiger partial charge >= 0.3 is 0 Å². The van der Waals surface area contributed by atoms with Crippen molar-refractivity contribution in [3.63, 3.8) is 0 Å². The van der Waals surface area contributed by atoms with E-state index in [-0.39, 0.29) is 11.8 Å². The third-order valence-corrected chi connectivity index (χ3v) is 3.94. The minimum Gasteiger partial charge on any atom is -0.345 e. The molecule has 0 aliphatic heterocycles. The molecule has 0 bridgehead atoms. The summed E-state index contributed by atoms with van der Waals surface area (Å²) in [6.07, 6.45) is 0.874. The summed E-state index contributed by atoms with van der Waals surface area (Å²) in [4.78, 5) is 14.4. The number of H-pyrrole nitrogens is 1. The maximum Gasteiger partial charge on any atom is 0.229 e. The second kappa shape index (κ2) is 6.57. The van der Waals surface area contributed by atoms with E-state index in [9.17, 15) is 4.79 Å². The van der Waals surface area contributed by atoms with Crippen LogP contribution in [0.1, 0.15) is 35.4 Å². The number of carbonyl (C=O) groups excluding carboxylic acids is 1. The molecule has 0 saturated carbocycles. The van der Waals surface area contributed by atoms with Crippen LogP contribution in [-0.4, -0.2) is 34.6 Å². The summed E-state index contributed by atoms with van der Waals surface area (Å²) in [5.74, 6) is -0.0249. The van der Waals surface area contributed by atoms with Crippen LogP contribution in [0.4, 0.5) is 0 Å². The lowest BCUT2D eigenvalue weighted by molar-refractivity contribution is -0.131. The molecule has 21 heavy (non-hydrogen) atoms. The molecule has 0 radical (unpaired) electrons. The predicted molar refractivity (Wildman–Crippen MR) is 84.3 cm³/mol. The van der Waals surface area contributed by atoms with Crippen molar-refractivity contribution in [2.75, 3.05) is 13.6 Å². The zero-order valence-electron chi connectivity index (χ0n) is 13.2. The number of nitrogens with zero attached hydrogens (tertiary/aromatic N) is 2. The Morgan fingerprint density at radius 2 is 1.95 bits per heavy atom. The van der Waals surface area contributed by atoms with Gasteiger partial charge in [0.15, 0.2) is 0 Å². The summed E-state index contributed by atoms with van der Waals surface area (Å²) in [5, 5.41) is 7.13. The molecular weight excluding hydrogens is 262 g/mol. The predicted octanol–water partition coefficient (Wildman–Crippen LogP) is 2.83. The van der Waals surface area contributed by atoms with Crippen LogP contribution in [0.25, 0.3) is 0 Å². The van der Waals surface area contributed by atoms with Gasteiger partial charge in [-0.25, -0.2) is 0 Å². The zero-order chi connectivity index (χ0) is 15.4. The van der Waals surface area contributed by atoms with Gasteiger partial charge in [-0.1, -0.05) is 30.3 Å². The van der Waals surface area contributed by atoms with Gasteiger partial charge in [-0.3, -0.25) is 9.89 Å². The van der Waals surface area contributed by atoms with Gasteiger partial charge < -0.3 is 4.90 Å². The van der Waals surface area contributed by atoms with Crippen LogP contribution in [0.3, 0.4) is 0 Å². The molecule has 112 valence electrons. The van der Waals surface area contributed by atoms with Crippen molar-refractivity contribution in [3.8, 4) is 0 Å². The van der Waals surface area contributed by atoms with E-state index in [0.29, 0.717) is 0 Å². The van der Waals surface area contributed by atoms with Gasteiger partial charge in [0.05, 0.1) is 11.6 Å². The number of benzene rings is 1. The Bertz CT molecular complexity index is 584. The number of aromatic nitrogens is 2. The number of rotatable bonds is 5. The van der Waals surface area contributed by atoms with Crippen molar-refractivity contribution in [1.29, 1.82) is 0 Å². The Morgan fingerprint density at radius 3 is 2.52 bits per heavy atom. The summed E-state index contributed by atoms with van der Waals surface area (Å²) < 4.78 is 0. The van der Waals surface area contributed by atoms with Gasteiger partial charge in [0, 0.05) is 24.8 Å². The van der Waals surface area contributed by atoms with Crippen molar-refractivity contribution < 1.29 is 4.79 Å². The fourth-order valence-electron chi connectivity index (χ4n) is 2.70. The molecule has 2 aromatic rings. The van der Waals surface area contributed by atoms with Gasteiger partial charge in [0.2, 0.25) is 5.91 Å². The quantitative estimate of drug-likeness (QED) is 0.918. The highest BCUT2D eigenvalue weighted by Crippen LogP contribution is 2.23. The minimum atomic E-state index is -0.162. The lowest BCUT2D eigenvalue weighted by Crippen LogP contribution is -2.32. The molecule has 0 fully saturated rings. The molecular formula is C17H23N3O. The summed E-state index contributed by atoms with van der Waals surface area (Å²) in [6, 6.07) is 10.2. The molecule has 1 aromatic heterocycles. The van der Waals surface area contributed by atoms with Crippen LogP contribution in [0, 0.1) is 13.8 Å². The molecule has 1 N–H and O–H groups in total. The Labute approximate surface area is 126 Å². The molecule has 0 aliphatic carbocycles. The van der Waals surface area contributed by atoms with Crippen LogP contribution in [-0.2, 0) is 11.2 Å². The van der Waals surface area contributed by atoms with Gasteiger partial charge in [-0.05, 0) is 32.8 Å². The second-order valence-electron chi connectivity index (χ2n) is 5.56. The van der Waals surface area contributed by atoms with Crippen molar-refractivity contribution in [1.82, 2.24) is 15.1 Å². The number of hydrogen-bond donors (Lipinski definition) is 1. The number of carbonyl (C=O) groups is 1. The Balaban J connectivity index is 1.99. The molecule has 2 rings (SSSR count). The van der Waals surface area contributed by atoms with Gasteiger partial charge in [0.25, 0.3) is 0 Å². The van der Waals surface area contributed by atoms with Crippen molar-refractivity contribution in [2.24, 2.45) is 0 Å². The fraction of sp³-hybridized carbons (Fsp3) is 0.412. The van der Waals surface area contributed by atoms with E-state index in [4.69, 9.17) is 0 Å². The maximum atomic E-state index is 12.6. The van der Waals surface area contributed by atoms with Crippen molar-refractivity contribution in [3.05, 3.63) is 52.8 Å². The smallest absolute Gasteiger partial charge is 0.229 e. The molecule has 0 spiro atoms. The average molecular weight is 285 g/mol. The van der Waals surface area contributed by atoms with E-state index in [1.807, 2.05) is 50.9 Å². The normalized spacial score (nSPS) is 12.2. The van der Waals surface area contributed by atoms with Gasteiger partial charge in [-0.15, -0.1) is 0 Å². The fourth-order valence-corrected chi connectivity index (χ4v) is 2.70. The molecule has 1 aromatic carbocycles. The zero-order valence-corrected chi connectivity index (χ0v) is 13.2.